The Morgan fingerprint density at radius 1 is 1.44 bits per heavy atom. The molecule has 5 nitrogen and oxygen atoms in total. The molecule has 0 bridgehead atoms. The first-order valence-electron chi connectivity index (χ1n) is 5.26. The summed E-state index contributed by atoms with van der Waals surface area (Å²) >= 11 is 1.09. The maximum Gasteiger partial charge on any atom is 0.288 e. The highest BCUT2D eigenvalue weighted by Crippen LogP contribution is 2.19. The third-order valence-corrected chi connectivity index (χ3v) is 2.59. The Bertz CT molecular complexity index is 350. The van der Waals surface area contributed by atoms with Crippen LogP contribution >= 0.6 is 11.5 Å². The van der Waals surface area contributed by atoms with Crippen molar-refractivity contribution in [3.63, 3.8) is 0 Å². The van der Waals surface area contributed by atoms with E-state index in [1.165, 1.54) is 0 Å². The highest BCUT2D eigenvalue weighted by molar-refractivity contribution is 7.08. The van der Waals surface area contributed by atoms with Gasteiger partial charge in [0.05, 0.1) is 12.3 Å². The normalized spacial score (nSPS) is 11.1. The van der Waals surface area contributed by atoms with Crippen LogP contribution < -0.4 is 5.48 Å². The van der Waals surface area contributed by atoms with Crippen LogP contribution in [0.1, 0.15) is 49.0 Å². The molecule has 1 heterocycles. The van der Waals surface area contributed by atoms with Gasteiger partial charge in [-0.05, 0) is 23.4 Å². The zero-order valence-electron chi connectivity index (χ0n) is 9.98. The fourth-order valence-corrected chi connectivity index (χ4v) is 1.76. The van der Waals surface area contributed by atoms with Gasteiger partial charge in [-0.1, -0.05) is 32.2 Å². The van der Waals surface area contributed by atoms with E-state index in [2.05, 4.69) is 15.1 Å². The minimum Gasteiger partial charge on any atom is -0.273 e. The zero-order valence-corrected chi connectivity index (χ0v) is 10.8. The fourth-order valence-electron chi connectivity index (χ4n) is 1.05. The van der Waals surface area contributed by atoms with E-state index in [1.54, 1.807) is 0 Å². The maximum absolute atomic E-state index is 11.7. The van der Waals surface area contributed by atoms with Crippen LogP contribution in [0.25, 0.3) is 0 Å². The lowest BCUT2D eigenvalue weighted by Gasteiger charge is -2.07. The van der Waals surface area contributed by atoms with Gasteiger partial charge in [0.15, 0.2) is 0 Å². The molecule has 0 saturated carbocycles. The Labute approximate surface area is 99.3 Å². The van der Waals surface area contributed by atoms with E-state index >= 15 is 0 Å². The second kappa shape index (κ2) is 5.91. The highest BCUT2D eigenvalue weighted by atomic mass is 32.1. The summed E-state index contributed by atoms with van der Waals surface area (Å²) < 4.78 is 3.78. The van der Waals surface area contributed by atoms with Crippen LogP contribution in [0.4, 0.5) is 0 Å². The number of nitrogens with one attached hydrogen (secondary N) is 1. The molecule has 90 valence electrons. The highest BCUT2D eigenvalue weighted by Gasteiger charge is 2.18. The van der Waals surface area contributed by atoms with E-state index in [4.69, 9.17) is 4.84 Å². The van der Waals surface area contributed by atoms with Gasteiger partial charge in [0.1, 0.15) is 4.88 Å². The number of hydrogen-bond donors (Lipinski definition) is 1. The lowest BCUT2D eigenvalue weighted by Crippen LogP contribution is -2.25. The number of hydroxylamine groups is 1. The monoisotopic (exact) mass is 243 g/mol. The lowest BCUT2D eigenvalue weighted by atomic mass is 10.1. The molecule has 0 spiro atoms. The van der Waals surface area contributed by atoms with Gasteiger partial charge in [-0.25, -0.2) is 5.48 Å². The van der Waals surface area contributed by atoms with Crippen LogP contribution in [0.3, 0.4) is 0 Å². The maximum atomic E-state index is 11.7. The van der Waals surface area contributed by atoms with Crippen molar-refractivity contribution in [2.45, 2.75) is 33.6 Å². The van der Waals surface area contributed by atoms with Crippen LogP contribution in [0.2, 0.25) is 0 Å². The number of hydrogen-bond acceptors (Lipinski definition) is 5. The Balaban J connectivity index is 2.56. The van der Waals surface area contributed by atoms with Gasteiger partial charge in [-0.3, -0.25) is 9.63 Å². The van der Waals surface area contributed by atoms with Gasteiger partial charge in [-0.2, -0.15) is 0 Å². The van der Waals surface area contributed by atoms with E-state index in [0.29, 0.717) is 17.4 Å². The van der Waals surface area contributed by atoms with Crippen LogP contribution in [0.5, 0.6) is 0 Å². The van der Waals surface area contributed by atoms with Crippen LogP contribution in [-0.4, -0.2) is 22.1 Å². The molecule has 0 aliphatic carbocycles. The van der Waals surface area contributed by atoms with Crippen molar-refractivity contribution in [3.05, 3.63) is 10.6 Å². The predicted octanol–water partition coefficient (Wildman–Crippen LogP) is 1.98. The van der Waals surface area contributed by atoms with Gasteiger partial charge in [0.2, 0.25) is 0 Å². The molecule has 16 heavy (non-hydrogen) atoms. The van der Waals surface area contributed by atoms with E-state index in [9.17, 15) is 4.79 Å². The number of rotatable bonds is 5. The molecule has 0 aliphatic rings. The summed E-state index contributed by atoms with van der Waals surface area (Å²) in [5.74, 6) is 0.299. The average Bonchev–Trinajstić information content (AvgIpc) is 2.65. The second-order valence-electron chi connectivity index (χ2n) is 4.28. The van der Waals surface area contributed by atoms with E-state index in [0.717, 1.165) is 17.2 Å². The first-order valence-corrected chi connectivity index (χ1v) is 6.04. The Kier molecular flexibility index (Phi) is 4.82. The van der Waals surface area contributed by atoms with Gasteiger partial charge in [-0.15, -0.1) is 5.10 Å². The molecule has 1 N–H and O–H groups in total. The quantitative estimate of drug-likeness (QED) is 0.803. The van der Waals surface area contributed by atoms with Gasteiger partial charge in [0, 0.05) is 0 Å². The van der Waals surface area contributed by atoms with Crippen molar-refractivity contribution < 1.29 is 9.63 Å². The third-order valence-electron chi connectivity index (χ3n) is 1.85. The van der Waals surface area contributed by atoms with Gasteiger partial charge < -0.3 is 0 Å². The van der Waals surface area contributed by atoms with Crippen LogP contribution in [-0.2, 0) is 4.84 Å². The Morgan fingerprint density at radius 2 is 2.12 bits per heavy atom. The van der Waals surface area contributed by atoms with Crippen molar-refractivity contribution in [3.8, 4) is 0 Å². The summed E-state index contributed by atoms with van der Waals surface area (Å²) in [6.07, 6.45) is 0. The lowest BCUT2D eigenvalue weighted by molar-refractivity contribution is 0.0211. The first kappa shape index (κ1) is 13.1. The molecule has 6 heteroatoms. The Hall–Kier alpha value is -1.01. The summed E-state index contributed by atoms with van der Waals surface area (Å²) in [4.78, 5) is 17.3. The topological polar surface area (TPSA) is 64.1 Å². The molecular weight excluding hydrogens is 226 g/mol. The fraction of sp³-hybridized carbons (Fsp3) is 0.700. The molecule has 0 unspecified atom stereocenters. The third kappa shape index (κ3) is 3.53. The Morgan fingerprint density at radius 3 is 2.69 bits per heavy atom. The van der Waals surface area contributed by atoms with Gasteiger partial charge >= 0.3 is 0 Å². The molecule has 1 amide bonds. The molecule has 0 aromatic carbocycles. The minimum absolute atomic E-state index is 0.185. The second-order valence-corrected chi connectivity index (χ2v) is 5.03. The summed E-state index contributed by atoms with van der Waals surface area (Å²) in [5, 5.41) is 3.93. The summed E-state index contributed by atoms with van der Waals surface area (Å²) in [6.45, 7) is 8.47. The molecule has 0 aliphatic heterocycles. The smallest absolute Gasteiger partial charge is 0.273 e. The largest absolute Gasteiger partial charge is 0.288 e. The van der Waals surface area contributed by atoms with Crippen molar-refractivity contribution in [2.24, 2.45) is 5.92 Å². The summed E-state index contributed by atoms with van der Waals surface area (Å²) in [7, 11) is 0. The number of nitrogens with zero attached hydrogens (tertiary/aromatic N) is 2. The molecule has 0 radical (unpaired) electrons. The zero-order chi connectivity index (χ0) is 12.1. The standard InChI is InChI=1S/C10H17N3O2S/c1-6(2)5-15-12-10(14)9-8(7(3)4)11-13-16-9/h6-7H,5H2,1-4H3,(H,12,14). The number of carbonyl (C=O) groups is 1. The molecule has 1 aromatic rings. The van der Waals surface area contributed by atoms with Gasteiger partial charge in [0.25, 0.3) is 5.91 Å². The molecule has 1 aromatic heterocycles. The first-order chi connectivity index (χ1) is 7.52. The van der Waals surface area contributed by atoms with Crippen molar-refractivity contribution >= 4 is 17.4 Å². The molecular formula is C10H17N3O2S. The SMILES string of the molecule is CC(C)CONC(=O)c1snnc1C(C)C. The number of amides is 1. The summed E-state index contributed by atoms with van der Waals surface area (Å²) in [5.41, 5.74) is 3.12. The summed E-state index contributed by atoms with van der Waals surface area (Å²) in [6, 6.07) is 0. The molecule has 0 saturated heterocycles. The molecule has 1 rings (SSSR count). The molecule has 0 atom stereocenters. The van der Waals surface area contributed by atoms with Crippen molar-refractivity contribution in [1.82, 2.24) is 15.1 Å². The van der Waals surface area contributed by atoms with E-state index < -0.39 is 0 Å². The van der Waals surface area contributed by atoms with Crippen molar-refractivity contribution in [1.29, 1.82) is 0 Å². The van der Waals surface area contributed by atoms with Crippen molar-refractivity contribution in [2.75, 3.05) is 6.61 Å². The van der Waals surface area contributed by atoms with E-state index in [-0.39, 0.29) is 11.8 Å². The van der Waals surface area contributed by atoms with Crippen LogP contribution in [0.15, 0.2) is 0 Å². The number of carbonyl (C=O) groups excluding carboxylic acids is 1. The van der Waals surface area contributed by atoms with E-state index in [1.807, 2.05) is 27.7 Å². The predicted molar refractivity (Wildman–Crippen MR) is 62.3 cm³/mol. The minimum atomic E-state index is -0.264. The number of aromatic nitrogens is 2. The average molecular weight is 243 g/mol. The van der Waals surface area contributed by atoms with Crippen LogP contribution in [0, 0.1) is 5.92 Å². The molecule has 0 fully saturated rings.